The first kappa shape index (κ1) is 16.7. The van der Waals surface area contributed by atoms with Crippen LogP contribution in [0.1, 0.15) is 23.2 Å². The van der Waals surface area contributed by atoms with E-state index in [1.54, 1.807) is 16.6 Å². The molecule has 1 unspecified atom stereocenters. The average Bonchev–Trinajstić information content (AvgIpc) is 3.14. The van der Waals surface area contributed by atoms with Gasteiger partial charge in [-0.2, -0.15) is 5.10 Å². The molecule has 3 rings (SSSR count). The number of carbonyl (C=O) groups excluding carboxylic acids is 1. The number of hydrogen-bond acceptors (Lipinski definition) is 4. The molecule has 1 amide bonds. The Morgan fingerprint density at radius 3 is 2.96 bits per heavy atom. The number of oxime groups is 1. The molecule has 1 aromatic carbocycles. The first-order chi connectivity index (χ1) is 11.4. The standard InChI is InChI=1S/C17H19BrN4O2/c1-11-13(10-22(3)19-11)9-21(2)17(23)16-8-15(20-24-16)12-5-4-6-14(18)7-12/h4-7,10,16H,8-9H2,1-3H3. The van der Waals surface area contributed by atoms with Crippen molar-refractivity contribution in [1.82, 2.24) is 14.7 Å². The van der Waals surface area contributed by atoms with E-state index in [1.165, 1.54) is 0 Å². The lowest BCUT2D eigenvalue weighted by molar-refractivity contribution is -0.141. The monoisotopic (exact) mass is 390 g/mol. The molecule has 6 nitrogen and oxygen atoms in total. The molecule has 0 N–H and O–H groups in total. The lowest BCUT2D eigenvalue weighted by Crippen LogP contribution is -2.36. The van der Waals surface area contributed by atoms with Gasteiger partial charge in [0.2, 0.25) is 6.10 Å². The number of benzene rings is 1. The largest absolute Gasteiger partial charge is 0.382 e. The first-order valence-corrected chi connectivity index (χ1v) is 8.46. The lowest BCUT2D eigenvalue weighted by atomic mass is 10.0. The summed E-state index contributed by atoms with van der Waals surface area (Å²) >= 11 is 3.44. The van der Waals surface area contributed by atoms with Crippen molar-refractivity contribution < 1.29 is 9.63 Å². The van der Waals surface area contributed by atoms with Crippen LogP contribution in [-0.2, 0) is 23.2 Å². The summed E-state index contributed by atoms with van der Waals surface area (Å²) in [5.41, 5.74) is 3.71. The fourth-order valence-corrected chi connectivity index (χ4v) is 3.13. The molecule has 0 fully saturated rings. The highest BCUT2D eigenvalue weighted by Crippen LogP contribution is 2.21. The zero-order valence-corrected chi connectivity index (χ0v) is 15.4. The smallest absolute Gasteiger partial charge is 0.266 e. The van der Waals surface area contributed by atoms with Gasteiger partial charge in [0, 0.05) is 48.9 Å². The number of hydrogen-bond donors (Lipinski definition) is 0. The van der Waals surface area contributed by atoms with Crippen LogP contribution < -0.4 is 0 Å². The van der Waals surface area contributed by atoms with Gasteiger partial charge in [0.05, 0.1) is 11.4 Å². The molecule has 0 bridgehead atoms. The van der Waals surface area contributed by atoms with Crippen LogP contribution in [-0.4, -0.2) is 39.5 Å². The van der Waals surface area contributed by atoms with Crippen LogP contribution in [0.2, 0.25) is 0 Å². The second kappa shape index (κ2) is 6.76. The third-order valence-corrected chi connectivity index (χ3v) is 4.49. The Morgan fingerprint density at radius 1 is 1.50 bits per heavy atom. The minimum absolute atomic E-state index is 0.0769. The Hall–Kier alpha value is -2.15. The van der Waals surface area contributed by atoms with Gasteiger partial charge in [-0.15, -0.1) is 0 Å². The summed E-state index contributed by atoms with van der Waals surface area (Å²) < 4.78 is 2.73. The molecule has 126 valence electrons. The zero-order chi connectivity index (χ0) is 17.3. The first-order valence-electron chi connectivity index (χ1n) is 7.67. The van der Waals surface area contributed by atoms with Crippen molar-refractivity contribution in [3.05, 3.63) is 51.8 Å². The molecule has 0 saturated carbocycles. The normalized spacial score (nSPS) is 16.7. The fourth-order valence-electron chi connectivity index (χ4n) is 2.73. The quantitative estimate of drug-likeness (QED) is 0.805. The molecule has 1 aliphatic heterocycles. The average molecular weight is 391 g/mol. The second-order valence-electron chi connectivity index (χ2n) is 5.95. The summed E-state index contributed by atoms with van der Waals surface area (Å²) in [6.07, 6.45) is 1.84. The van der Waals surface area contributed by atoms with E-state index >= 15 is 0 Å². The summed E-state index contributed by atoms with van der Waals surface area (Å²) in [7, 11) is 3.64. The molecular weight excluding hydrogens is 372 g/mol. The van der Waals surface area contributed by atoms with Gasteiger partial charge >= 0.3 is 0 Å². The number of rotatable bonds is 4. The van der Waals surface area contributed by atoms with E-state index in [4.69, 9.17) is 4.84 Å². The van der Waals surface area contributed by atoms with E-state index in [-0.39, 0.29) is 5.91 Å². The van der Waals surface area contributed by atoms with Gasteiger partial charge in [-0.1, -0.05) is 33.2 Å². The van der Waals surface area contributed by atoms with Crippen LogP contribution in [0.5, 0.6) is 0 Å². The van der Waals surface area contributed by atoms with Crippen molar-refractivity contribution >= 4 is 27.5 Å². The SMILES string of the molecule is Cc1nn(C)cc1CN(C)C(=O)C1CC(c2cccc(Br)c2)=NO1. The van der Waals surface area contributed by atoms with Crippen molar-refractivity contribution in [3.8, 4) is 0 Å². The Labute approximate surface area is 149 Å². The molecule has 0 radical (unpaired) electrons. The van der Waals surface area contributed by atoms with Crippen molar-refractivity contribution in [2.45, 2.75) is 26.0 Å². The highest BCUT2D eigenvalue weighted by Gasteiger charge is 2.31. The van der Waals surface area contributed by atoms with Gasteiger partial charge in [0.25, 0.3) is 5.91 Å². The number of halogens is 1. The third kappa shape index (κ3) is 3.51. The predicted molar refractivity (Wildman–Crippen MR) is 94.6 cm³/mol. The maximum Gasteiger partial charge on any atom is 0.266 e. The van der Waals surface area contributed by atoms with Crippen LogP contribution in [0.3, 0.4) is 0 Å². The van der Waals surface area contributed by atoms with Crippen molar-refractivity contribution in [1.29, 1.82) is 0 Å². The minimum atomic E-state index is -0.569. The fraction of sp³-hybridized carbons (Fsp3) is 0.353. The molecule has 0 spiro atoms. The maximum absolute atomic E-state index is 12.6. The molecule has 1 atom stereocenters. The zero-order valence-electron chi connectivity index (χ0n) is 13.9. The van der Waals surface area contributed by atoms with E-state index in [0.717, 1.165) is 27.0 Å². The molecule has 7 heteroatoms. The van der Waals surface area contributed by atoms with Gasteiger partial charge in [0.1, 0.15) is 0 Å². The lowest BCUT2D eigenvalue weighted by Gasteiger charge is -2.19. The van der Waals surface area contributed by atoms with Gasteiger partial charge in [0.15, 0.2) is 0 Å². The van der Waals surface area contributed by atoms with Crippen molar-refractivity contribution in [2.24, 2.45) is 12.2 Å². The summed E-state index contributed by atoms with van der Waals surface area (Å²) in [6, 6.07) is 7.82. The number of amides is 1. The van der Waals surface area contributed by atoms with Crippen LogP contribution in [0.25, 0.3) is 0 Å². The van der Waals surface area contributed by atoms with Gasteiger partial charge in [-0.05, 0) is 19.1 Å². The Balaban J connectivity index is 1.63. The highest BCUT2D eigenvalue weighted by atomic mass is 79.9. The molecule has 1 aromatic heterocycles. The molecule has 2 aromatic rings. The molecule has 0 saturated heterocycles. The molecule has 24 heavy (non-hydrogen) atoms. The maximum atomic E-state index is 12.6. The second-order valence-corrected chi connectivity index (χ2v) is 6.87. The Morgan fingerprint density at radius 2 is 2.29 bits per heavy atom. The van der Waals surface area contributed by atoms with Crippen LogP contribution >= 0.6 is 15.9 Å². The van der Waals surface area contributed by atoms with E-state index < -0.39 is 6.10 Å². The number of carbonyl (C=O) groups is 1. The van der Waals surface area contributed by atoms with E-state index in [2.05, 4.69) is 26.2 Å². The Bertz CT molecular complexity index is 800. The number of nitrogens with zero attached hydrogens (tertiary/aromatic N) is 4. The number of aromatic nitrogens is 2. The predicted octanol–water partition coefficient (Wildman–Crippen LogP) is 2.64. The van der Waals surface area contributed by atoms with E-state index in [9.17, 15) is 4.79 Å². The van der Waals surface area contributed by atoms with Crippen LogP contribution in [0.4, 0.5) is 0 Å². The summed E-state index contributed by atoms with van der Waals surface area (Å²) in [5.74, 6) is -0.0769. The van der Waals surface area contributed by atoms with Crippen molar-refractivity contribution in [2.75, 3.05) is 7.05 Å². The van der Waals surface area contributed by atoms with E-state index in [0.29, 0.717) is 13.0 Å². The molecule has 1 aliphatic rings. The van der Waals surface area contributed by atoms with Crippen LogP contribution in [0, 0.1) is 6.92 Å². The molecular formula is C17H19BrN4O2. The number of aryl methyl sites for hydroxylation is 2. The third-order valence-electron chi connectivity index (χ3n) is 4.00. The van der Waals surface area contributed by atoms with Crippen LogP contribution in [0.15, 0.2) is 40.1 Å². The summed E-state index contributed by atoms with van der Waals surface area (Å²) in [6.45, 7) is 2.44. The topological polar surface area (TPSA) is 59.7 Å². The minimum Gasteiger partial charge on any atom is -0.382 e. The Kier molecular flexibility index (Phi) is 4.71. The van der Waals surface area contributed by atoms with E-state index in [1.807, 2.05) is 44.4 Å². The van der Waals surface area contributed by atoms with Gasteiger partial charge < -0.3 is 9.74 Å². The van der Waals surface area contributed by atoms with Crippen molar-refractivity contribution in [3.63, 3.8) is 0 Å². The molecule has 2 heterocycles. The summed E-state index contributed by atoms with van der Waals surface area (Å²) in [4.78, 5) is 19.6. The highest BCUT2D eigenvalue weighted by molar-refractivity contribution is 9.10. The van der Waals surface area contributed by atoms with Gasteiger partial charge in [-0.25, -0.2) is 0 Å². The molecule has 0 aliphatic carbocycles. The van der Waals surface area contributed by atoms with Gasteiger partial charge in [-0.3, -0.25) is 9.48 Å². The number of likely N-dealkylation sites (N-methyl/N-ethyl adjacent to an activating group) is 1. The summed E-state index contributed by atoms with van der Waals surface area (Å²) in [5, 5.41) is 8.39.